The third kappa shape index (κ3) is 4.08. The zero-order valence-electron chi connectivity index (χ0n) is 15.5. The number of nitrogens with zero attached hydrogens (tertiary/aromatic N) is 1. The Kier molecular flexibility index (Phi) is 5.69. The van der Waals surface area contributed by atoms with Gasteiger partial charge in [0.05, 0.1) is 12.1 Å². The van der Waals surface area contributed by atoms with Crippen molar-refractivity contribution in [1.82, 2.24) is 0 Å². The number of anilines is 1. The molecule has 28 heavy (non-hydrogen) atoms. The third-order valence-electron chi connectivity index (χ3n) is 5.67. The van der Waals surface area contributed by atoms with Crippen molar-refractivity contribution in [3.05, 3.63) is 64.1 Å². The molecule has 2 N–H and O–H groups in total. The van der Waals surface area contributed by atoms with Crippen LogP contribution < -0.4 is 14.7 Å². The molecule has 146 valence electrons. The Morgan fingerprint density at radius 2 is 1.64 bits per heavy atom. The Bertz CT molecular complexity index is 879. The highest BCUT2D eigenvalue weighted by molar-refractivity contribution is 6.31. The summed E-state index contributed by atoms with van der Waals surface area (Å²) in [7, 11) is 0. The molecule has 2 heterocycles. The molecule has 0 unspecified atom stereocenters. The highest BCUT2D eigenvalue weighted by Gasteiger charge is 2.46. The Labute approximate surface area is 174 Å². The molecule has 2 aromatic rings. The molecule has 2 aliphatic rings. The highest BCUT2D eigenvalue weighted by Crippen LogP contribution is 2.24. The second kappa shape index (κ2) is 8.21. The number of carbonyl (C=O) groups is 2. The number of piperazine rings is 1. The lowest BCUT2D eigenvalue weighted by Crippen LogP contribution is -3.29. The van der Waals surface area contributed by atoms with Crippen LogP contribution in [0.2, 0.25) is 10.0 Å². The fraction of sp³-hybridized carbons (Fsp3) is 0.333. The fourth-order valence-corrected chi connectivity index (χ4v) is 4.49. The molecule has 0 saturated carbocycles. The highest BCUT2D eigenvalue weighted by atomic mass is 35.5. The molecule has 0 aliphatic carbocycles. The van der Waals surface area contributed by atoms with Gasteiger partial charge in [0.25, 0.3) is 5.91 Å². The van der Waals surface area contributed by atoms with E-state index >= 15 is 0 Å². The molecule has 2 fully saturated rings. The SMILES string of the molecule is O=C1C[C@@H]([NH+]2CC[NH+](Cc3ccc(Cl)cc3)CC2)C(=O)N1c1cccc(Cl)c1. The second-order valence-corrected chi connectivity index (χ2v) is 8.39. The molecule has 2 aromatic carbocycles. The van der Waals surface area contributed by atoms with Crippen molar-refractivity contribution in [2.75, 3.05) is 31.1 Å². The zero-order chi connectivity index (χ0) is 19.7. The summed E-state index contributed by atoms with van der Waals surface area (Å²) in [5.74, 6) is -0.246. The first-order valence-electron chi connectivity index (χ1n) is 9.56. The summed E-state index contributed by atoms with van der Waals surface area (Å²) in [6, 6.07) is 14.6. The summed E-state index contributed by atoms with van der Waals surface area (Å²) in [4.78, 5) is 29.5. The van der Waals surface area contributed by atoms with Crippen LogP contribution in [0.25, 0.3) is 0 Å². The summed E-state index contributed by atoms with van der Waals surface area (Å²) in [6.45, 7) is 4.68. The van der Waals surface area contributed by atoms with Gasteiger partial charge in [-0.25, -0.2) is 4.90 Å². The van der Waals surface area contributed by atoms with E-state index in [-0.39, 0.29) is 24.3 Å². The van der Waals surface area contributed by atoms with E-state index in [1.165, 1.54) is 20.3 Å². The molecule has 2 saturated heterocycles. The van der Waals surface area contributed by atoms with E-state index < -0.39 is 0 Å². The Morgan fingerprint density at radius 3 is 2.32 bits per heavy atom. The number of carbonyl (C=O) groups excluding carboxylic acids is 2. The van der Waals surface area contributed by atoms with Crippen LogP contribution in [-0.2, 0) is 16.1 Å². The molecule has 2 amide bonds. The average Bonchev–Trinajstić information content (AvgIpc) is 2.98. The van der Waals surface area contributed by atoms with E-state index in [1.54, 1.807) is 24.3 Å². The molecule has 1 atom stereocenters. The van der Waals surface area contributed by atoms with Crippen LogP contribution in [-0.4, -0.2) is 44.0 Å². The van der Waals surface area contributed by atoms with Crippen LogP contribution in [0.3, 0.4) is 0 Å². The van der Waals surface area contributed by atoms with Crippen molar-refractivity contribution in [1.29, 1.82) is 0 Å². The van der Waals surface area contributed by atoms with E-state index in [4.69, 9.17) is 23.2 Å². The van der Waals surface area contributed by atoms with Crippen LogP contribution in [0.15, 0.2) is 48.5 Å². The first-order chi connectivity index (χ1) is 13.5. The Balaban J connectivity index is 1.37. The molecule has 5 nitrogen and oxygen atoms in total. The van der Waals surface area contributed by atoms with E-state index in [0.29, 0.717) is 10.7 Å². The van der Waals surface area contributed by atoms with E-state index in [2.05, 4.69) is 12.1 Å². The number of halogens is 2. The minimum Gasteiger partial charge on any atom is -0.322 e. The molecular formula is C21H23Cl2N3O2+2. The maximum absolute atomic E-state index is 13.0. The van der Waals surface area contributed by atoms with Gasteiger partial charge in [0.1, 0.15) is 32.7 Å². The summed E-state index contributed by atoms with van der Waals surface area (Å²) >= 11 is 12.0. The van der Waals surface area contributed by atoms with Gasteiger partial charge in [0, 0.05) is 15.6 Å². The van der Waals surface area contributed by atoms with Gasteiger partial charge in [-0.2, -0.15) is 0 Å². The van der Waals surface area contributed by atoms with Gasteiger partial charge in [-0.15, -0.1) is 0 Å². The molecule has 0 radical (unpaired) electrons. The van der Waals surface area contributed by atoms with Crippen molar-refractivity contribution in [3.63, 3.8) is 0 Å². The minimum absolute atomic E-state index is 0.108. The van der Waals surface area contributed by atoms with Gasteiger partial charge in [-0.3, -0.25) is 9.59 Å². The maximum Gasteiger partial charge on any atom is 0.292 e. The van der Waals surface area contributed by atoms with Gasteiger partial charge in [0.15, 0.2) is 6.04 Å². The average molecular weight is 420 g/mol. The number of hydrogen-bond donors (Lipinski definition) is 2. The summed E-state index contributed by atoms with van der Waals surface area (Å²) in [5, 5.41) is 1.27. The van der Waals surface area contributed by atoms with Crippen LogP contribution in [0.4, 0.5) is 5.69 Å². The second-order valence-electron chi connectivity index (χ2n) is 7.52. The monoisotopic (exact) mass is 419 g/mol. The van der Waals surface area contributed by atoms with Gasteiger partial charge < -0.3 is 9.80 Å². The van der Waals surface area contributed by atoms with Crippen LogP contribution in [0.5, 0.6) is 0 Å². The topological polar surface area (TPSA) is 46.3 Å². The molecular weight excluding hydrogens is 397 g/mol. The third-order valence-corrected chi connectivity index (χ3v) is 6.16. The van der Waals surface area contributed by atoms with Crippen molar-refractivity contribution in [3.8, 4) is 0 Å². The first-order valence-corrected chi connectivity index (χ1v) is 10.3. The predicted octanol–water partition coefficient (Wildman–Crippen LogP) is 0.609. The van der Waals surface area contributed by atoms with Crippen molar-refractivity contribution < 1.29 is 19.4 Å². The summed E-state index contributed by atoms with van der Waals surface area (Å²) in [5.41, 5.74) is 1.83. The molecule has 0 bridgehead atoms. The quantitative estimate of drug-likeness (QED) is 0.713. The number of amides is 2. The van der Waals surface area contributed by atoms with E-state index in [0.717, 1.165) is 37.7 Å². The lowest BCUT2D eigenvalue weighted by Gasteiger charge is -2.32. The van der Waals surface area contributed by atoms with Crippen LogP contribution in [0.1, 0.15) is 12.0 Å². The molecule has 0 aromatic heterocycles. The first kappa shape index (κ1) is 19.4. The van der Waals surface area contributed by atoms with Crippen molar-refractivity contribution in [2.24, 2.45) is 0 Å². The Morgan fingerprint density at radius 1 is 0.929 bits per heavy atom. The number of rotatable bonds is 4. The van der Waals surface area contributed by atoms with Gasteiger partial charge in [-0.05, 0) is 30.3 Å². The van der Waals surface area contributed by atoms with E-state index in [1.807, 2.05) is 12.1 Å². The van der Waals surface area contributed by atoms with Crippen LogP contribution >= 0.6 is 23.2 Å². The largest absolute Gasteiger partial charge is 0.322 e. The molecule has 0 spiro atoms. The number of imide groups is 1. The number of benzene rings is 2. The molecule has 2 aliphatic heterocycles. The lowest BCUT2D eigenvalue weighted by molar-refractivity contribution is -1.02. The summed E-state index contributed by atoms with van der Waals surface area (Å²) in [6.07, 6.45) is 0.271. The number of quaternary nitrogens is 2. The van der Waals surface area contributed by atoms with Gasteiger partial charge >= 0.3 is 0 Å². The standard InChI is InChI=1S/C21H21Cl2N3O2/c22-16-6-4-15(5-7-16)14-24-8-10-25(11-9-24)19-13-20(27)26(21(19)28)18-3-1-2-17(23)12-18/h1-7,12,19H,8-11,13-14H2/p+2/t19-/m1/s1. The van der Waals surface area contributed by atoms with Gasteiger partial charge in [-0.1, -0.05) is 41.4 Å². The summed E-state index contributed by atoms with van der Waals surface area (Å²) < 4.78 is 0. The predicted molar refractivity (Wildman–Crippen MR) is 109 cm³/mol. The molecule has 4 rings (SSSR count). The number of hydrogen-bond acceptors (Lipinski definition) is 2. The molecule has 7 heteroatoms. The van der Waals surface area contributed by atoms with Crippen molar-refractivity contribution >= 4 is 40.7 Å². The number of nitrogens with one attached hydrogen (secondary N) is 2. The van der Waals surface area contributed by atoms with Crippen LogP contribution in [0, 0.1) is 0 Å². The maximum atomic E-state index is 13.0. The lowest BCUT2D eigenvalue weighted by atomic mass is 10.1. The van der Waals surface area contributed by atoms with Gasteiger partial charge in [0.2, 0.25) is 5.91 Å². The van der Waals surface area contributed by atoms with Crippen molar-refractivity contribution in [2.45, 2.75) is 19.0 Å². The van der Waals surface area contributed by atoms with E-state index in [9.17, 15) is 9.59 Å². The smallest absolute Gasteiger partial charge is 0.292 e. The fourth-order valence-electron chi connectivity index (χ4n) is 4.18. The Hall–Kier alpha value is -1.92. The normalized spacial score (nSPS) is 25.4. The zero-order valence-corrected chi connectivity index (χ0v) is 17.0. The minimum atomic E-state index is -0.288.